The summed E-state index contributed by atoms with van der Waals surface area (Å²) in [4.78, 5) is 6.74. The molecule has 0 atom stereocenters. The molecule has 3 rings (SSSR count). The molecule has 160 valence electrons. The average molecular weight is 513 g/mol. The SMILES string of the molecule is CN=C(NCc1ccn(-c2ccccc2)n1)N1CCC(OCCCOC)CC1.I. The lowest BCUT2D eigenvalue weighted by Gasteiger charge is -2.34. The fourth-order valence-corrected chi connectivity index (χ4v) is 3.37. The van der Waals surface area contributed by atoms with Crippen molar-refractivity contribution in [2.45, 2.75) is 31.9 Å². The maximum absolute atomic E-state index is 5.94. The van der Waals surface area contributed by atoms with Gasteiger partial charge in [0.1, 0.15) is 0 Å². The van der Waals surface area contributed by atoms with E-state index < -0.39 is 0 Å². The third-order valence-electron chi connectivity index (χ3n) is 4.89. The number of aromatic nitrogens is 2. The number of para-hydroxylation sites is 1. The van der Waals surface area contributed by atoms with Gasteiger partial charge in [-0.15, -0.1) is 24.0 Å². The Morgan fingerprint density at radius 1 is 1.17 bits per heavy atom. The van der Waals surface area contributed by atoms with Gasteiger partial charge in [-0.3, -0.25) is 4.99 Å². The Hall–Kier alpha value is -1.65. The van der Waals surface area contributed by atoms with Crippen molar-refractivity contribution in [2.75, 3.05) is 40.5 Å². The van der Waals surface area contributed by atoms with Gasteiger partial charge in [-0.2, -0.15) is 5.10 Å². The second-order valence-corrected chi connectivity index (χ2v) is 6.89. The predicted octanol–water partition coefficient (Wildman–Crippen LogP) is 3.08. The van der Waals surface area contributed by atoms with Crippen LogP contribution in [0.25, 0.3) is 5.69 Å². The molecule has 0 unspecified atom stereocenters. The number of guanidine groups is 1. The van der Waals surface area contributed by atoms with E-state index in [0.717, 1.165) is 62.9 Å². The van der Waals surface area contributed by atoms with Gasteiger partial charge in [-0.25, -0.2) is 4.68 Å². The number of benzene rings is 1. The molecule has 0 aliphatic carbocycles. The summed E-state index contributed by atoms with van der Waals surface area (Å²) in [6.45, 7) is 4.09. The number of hydrogen-bond acceptors (Lipinski definition) is 4. The largest absolute Gasteiger partial charge is 0.385 e. The Kier molecular flexibility index (Phi) is 10.4. The summed E-state index contributed by atoms with van der Waals surface area (Å²) in [6, 6.07) is 12.2. The molecule has 2 aromatic rings. The zero-order valence-corrected chi connectivity index (χ0v) is 19.6. The highest BCUT2D eigenvalue weighted by molar-refractivity contribution is 14.0. The van der Waals surface area contributed by atoms with Crippen molar-refractivity contribution in [1.29, 1.82) is 0 Å². The normalized spacial score (nSPS) is 15.2. The second-order valence-electron chi connectivity index (χ2n) is 6.89. The topological polar surface area (TPSA) is 63.9 Å². The van der Waals surface area contributed by atoms with E-state index in [2.05, 4.69) is 20.3 Å². The zero-order valence-electron chi connectivity index (χ0n) is 17.3. The molecule has 2 heterocycles. The Morgan fingerprint density at radius 3 is 2.62 bits per heavy atom. The minimum atomic E-state index is 0. The van der Waals surface area contributed by atoms with Crippen LogP contribution < -0.4 is 5.32 Å². The monoisotopic (exact) mass is 513 g/mol. The molecule has 8 heteroatoms. The number of hydrogen-bond donors (Lipinski definition) is 1. The number of aliphatic imine (C=N–C) groups is 1. The molecule has 0 bridgehead atoms. The molecule has 0 radical (unpaired) electrons. The van der Waals surface area contributed by atoms with Crippen molar-refractivity contribution in [2.24, 2.45) is 4.99 Å². The van der Waals surface area contributed by atoms with Crippen molar-refractivity contribution in [3.05, 3.63) is 48.3 Å². The molecular formula is C21H32IN5O2. The number of halogens is 1. The Balaban J connectivity index is 0.00000300. The van der Waals surface area contributed by atoms with Crippen molar-refractivity contribution in [1.82, 2.24) is 20.0 Å². The first-order valence-corrected chi connectivity index (χ1v) is 9.96. The molecule has 29 heavy (non-hydrogen) atoms. The average Bonchev–Trinajstić information content (AvgIpc) is 3.22. The molecule has 1 aromatic heterocycles. The van der Waals surface area contributed by atoms with Gasteiger partial charge in [0, 0.05) is 46.7 Å². The van der Waals surface area contributed by atoms with Gasteiger partial charge >= 0.3 is 0 Å². The molecule has 0 spiro atoms. The summed E-state index contributed by atoms with van der Waals surface area (Å²) < 4.78 is 12.9. The summed E-state index contributed by atoms with van der Waals surface area (Å²) in [6.07, 6.45) is 5.33. The quantitative estimate of drug-likeness (QED) is 0.255. The highest BCUT2D eigenvalue weighted by Gasteiger charge is 2.21. The third kappa shape index (κ3) is 7.27. The third-order valence-corrected chi connectivity index (χ3v) is 4.89. The summed E-state index contributed by atoms with van der Waals surface area (Å²) in [5, 5.41) is 8.08. The van der Waals surface area contributed by atoms with E-state index in [1.807, 2.05) is 54.3 Å². The summed E-state index contributed by atoms with van der Waals surface area (Å²) in [7, 11) is 3.56. The van der Waals surface area contributed by atoms with Crippen LogP contribution in [-0.4, -0.2) is 67.2 Å². The van der Waals surface area contributed by atoms with Crippen molar-refractivity contribution in [3.63, 3.8) is 0 Å². The van der Waals surface area contributed by atoms with Crippen LogP contribution in [0.15, 0.2) is 47.6 Å². The molecule has 0 amide bonds. The van der Waals surface area contributed by atoms with E-state index in [9.17, 15) is 0 Å². The van der Waals surface area contributed by atoms with E-state index in [1.54, 1.807) is 7.11 Å². The van der Waals surface area contributed by atoms with Gasteiger partial charge in [-0.05, 0) is 37.5 Å². The molecule has 1 aliphatic heterocycles. The number of likely N-dealkylation sites (tertiary alicyclic amines) is 1. The zero-order chi connectivity index (χ0) is 19.6. The lowest BCUT2D eigenvalue weighted by Crippen LogP contribution is -2.46. The van der Waals surface area contributed by atoms with E-state index in [-0.39, 0.29) is 24.0 Å². The van der Waals surface area contributed by atoms with Crippen LogP contribution in [0.2, 0.25) is 0 Å². The highest BCUT2D eigenvalue weighted by atomic mass is 127. The van der Waals surface area contributed by atoms with E-state index >= 15 is 0 Å². The Bertz CT molecular complexity index is 730. The minimum absolute atomic E-state index is 0. The van der Waals surface area contributed by atoms with Gasteiger partial charge in [0.15, 0.2) is 5.96 Å². The fourth-order valence-electron chi connectivity index (χ4n) is 3.37. The molecule has 1 saturated heterocycles. The first kappa shape index (κ1) is 23.6. The number of methoxy groups -OCH3 is 1. The number of piperidine rings is 1. The number of ether oxygens (including phenoxy) is 2. The van der Waals surface area contributed by atoms with Crippen LogP contribution in [-0.2, 0) is 16.0 Å². The van der Waals surface area contributed by atoms with Crippen molar-refractivity contribution in [3.8, 4) is 5.69 Å². The molecule has 1 aliphatic rings. The maximum Gasteiger partial charge on any atom is 0.193 e. The lowest BCUT2D eigenvalue weighted by molar-refractivity contribution is 0.00989. The number of nitrogens with zero attached hydrogens (tertiary/aromatic N) is 4. The van der Waals surface area contributed by atoms with Crippen LogP contribution in [0.1, 0.15) is 25.0 Å². The smallest absolute Gasteiger partial charge is 0.193 e. The lowest BCUT2D eigenvalue weighted by atomic mass is 10.1. The predicted molar refractivity (Wildman–Crippen MR) is 126 cm³/mol. The molecule has 1 N–H and O–H groups in total. The molecule has 0 saturated carbocycles. The Labute approximate surface area is 190 Å². The van der Waals surface area contributed by atoms with E-state index in [0.29, 0.717) is 12.6 Å². The van der Waals surface area contributed by atoms with Gasteiger partial charge in [0.2, 0.25) is 0 Å². The van der Waals surface area contributed by atoms with Gasteiger partial charge in [-0.1, -0.05) is 18.2 Å². The van der Waals surface area contributed by atoms with E-state index in [4.69, 9.17) is 9.47 Å². The molecular weight excluding hydrogens is 481 g/mol. The van der Waals surface area contributed by atoms with Gasteiger partial charge < -0.3 is 19.7 Å². The molecule has 1 fully saturated rings. The Morgan fingerprint density at radius 2 is 1.93 bits per heavy atom. The summed E-state index contributed by atoms with van der Waals surface area (Å²) >= 11 is 0. The molecule has 1 aromatic carbocycles. The van der Waals surface area contributed by atoms with Gasteiger partial charge in [0.25, 0.3) is 0 Å². The first-order chi connectivity index (χ1) is 13.8. The van der Waals surface area contributed by atoms with Crippen LogP contribution >= 0.6 is 24.0 Å². The highest BCUT2D eigenvalue weighted by Crippen LogP contribution is 2.14. The summed E-state index contributed by atoms with van der Waals surface area (Å²) in [5.74, 6) is 0.923. The second kappa shape index (κ2) is 12.8. The molecule has 7 nitrogen and oxygen atoms in total. The van der Waals surface area contributed by atoms with Crippen molar-refractivity contribution >= 4 is 29.9 Å². The fraction of sp³-hybridized carbons (Fsp3) is 0.524. The number of rotatable bonds is 8. The van der Waals surface area contributed by atoms with Crippen LogP contribution in [0, 0.1) is 0 Å². The maximum atomic E-state index is 5.94. The van der Waals surface area contributed by atoms with Crippen LogP contribution in [0.4, 0.5) is 0 Å². The van der Waals surface area contributed by atoms with Gasteiger partial charge in [0.05, 0.1) is 24.0 Å². The van der Waals surface area contributed by atoms with Crippen LogP contribution in [0.3, 0.4) is 0 Å². The first-order valence-electron chi connectivity index (χ1n) is 9.96. The van der Waals surface area contributed by atoms with E-state index in [1.165, 1.54) is 0 Å². The van der Waals surface area contributed by atoms with Crippen molar-refractivity contribution < 1.29 is 9.47 Å². The summed E-state index contributed by atoms with van der Waals surface area (Å²) in [5.41, 5.74) is 2.05. The standard InChI is InChI=1S/C21H31N5O2.HI/c1-22-21(25-12-10-20(11-13-25)28-16-6-15-27-2)23-17-18-9-14-26(24-18)19-7-4-3-5-8-19;/h3-5,7-9,14,20H,6,10-13,15-17H2,1-2H3,(H,22,23);1H. The minimum Gasteiger partial charge on any atom is -0.385 e. The van der Waals surface area contributed by atoms with Crippen LogP contribution in [0.5, 0.6) is 0 Å². The number of nitrogens with one attached hydrogen (secondary N) is 1.